The summed E-state index contributed by atoms with van der Waals surface area (Å²) < 4.78 is 0. The van der Waals surface area contributed by atoms with Gasteiger partial charge in [0.1, 0.15) is 18.1 Å². The van der Waals surface area contributed by atoms with Crippen LogP contribution in [0.25, 0.3) is 33.5 Å². The second-order valence-electron chi connectivity index (χ2n) is 20.1. The number of fused-ring (bicyclic) bond motifs is 3. The summed E-state index contributed by atoms with van der Waals surface area (Å²) >= 11 is 0. The quantitative estimate of drug-likeness (QED) is 0.0298. The maximum atomic E-state index is 12.3. The van der Waals surface area contributed by atoms with E-state index in [9.17, 15) is 57.5 Å². The molecule has 0 unspecified atom stereocenters. The standard InChI is InChI=1S/3C19H19N7O6.Au/c3*20-19-25-15-14(17(30)26-19)23-11(8-22-15)7-21-10-3-1-9(2-4-10)16(29)24-12(18(31)32)5-6-13(27)28;/h3*1-4,8,12,21H,5-7H2,(H,24,29)(H,27,28)(H,31,32)(H3,20,22,25,26,30);/t3*12-;/m000./s1. The van der Waals surface area contributed by atoms with Gasteiger partial charge >= 0.3 is 35.8 Å². The van der Waals surface area contributed by atoms with Gasteiger partial charge in [0.2, 0.25) is 17.8 Å². The summed E-state index contributed by atoms with van der Waals surface area (Å²) in [4.78, 5) is 182. The van der Waals surface area contributed by atoms with Crippen LogP contribution < -0.4 is 65.8 Å². The Morgan fingerprint density at radius 3 is 0.835 bits per heavy atom. The molecule has 9 rings (SSSR count). The first-order valence-corrected chi connectivity index (χ1v) is 28.0. The monoisotopic (exact) mass is 1520 g/mol. The largest absolute Gasteiger partial charge is 0.481 e. The number of nitrogen functional groups attached to an aromatic ring is 3. The van der Waals surface area contributed by atoms with Crippen molar-refractivity contribution in [1.82, 2.24) is 75.8 Å². The molecule has 39 nitrogen and oxygen atoms in total. The summed E-state index contributed by atoms with van der Waals surface area (Å²) in [7, 11) is 0. The number of carboxylic acids is 6. The third-order valence-corrected chi connectivity index (χ3v) is 13.1. The number of anilines is 6. The number of nitrogens with one attached hydrogen (secondary N) is 9. The number of rotatable bonds is 27. The Bertz CT molecular complexity index is 4140. The minimum absolute atomic E-state index is 0. The van der Waals surface area contributed by atoms with E-state index >= 15 is 0 Å². The van der Waals surface area contributed by atoms with Crippen LogP contribution in [0.4, 0.5) is 34.9 Å². The molecule has 0 aliphatic heterocycles. The average Bonchev–Trinajstić information content (AvgIpc) is 0.854. The van der Waals surface area contributed by atoms with Gasteiger partial charge in [-0.05, 0) is 92.1 Å². The number of amides is 3. The molecule has 0 saturated carbocycles. The first-order valence-electron chi connectivity index (χ1n) is 28.0. The molecular weight excluding hydrogens is 1460 g/mol. The maximum absolute atomic E-state index is 12.3. The number of hydrogen-bond donors (Lipinski definition) is 18. The number of H-pyrrole nitrogens is 3. The van der Waals surface area contributed by atoms with Gasteiger partial charge in [0, 0.05) is 75.4 Å². The van der Waals surface area contributed by atoms with Gasteiger partial charge in [-0.25, -0.2) is 44.3 Å². The first-order chi connectivity index (χ1) is 45.7. The fraction of sp³-hybridized carbons (Fsp3) is 0.211. The van der Waals surface area contributed by atoms with Gasteiger partial charge in [0.15, 0.2) is 33.5 Å². The summed E-state index contributed by atoms with van der Waals surface area (Å²) in [5.74, 6) is -9.47. The molecule has 1 radical (unpaired) electrons. The van der Waals surface area contributed by atoms with Gasteiger partial charge in [-0.2, -0.15) is 15.0 Å². The molecule has 97 heavy (non-hydrogen) atoms. The number of aromatic nitrogens is 12. The topological polar surface area (TPSA) is 640 Å². The second-order valence-corrected chi connectivity index (χ2v) is 20.1. The maximum Gasteiger partial charge on any atom is 0.326 e. The first kappa shape index (κ1) is 73.1. The van der Waals surface area contributed by atoms with Gasteiger partial charge in [-0.3, -0.25) is 58.1 Å². The van der Waals surface area contributed by atoms with Crippen LogP contribution >= 0.6 is 0 Å². The second kappa shape index (κ2) is 34.1. The van der Waals surface area contributed by atoms with E-state index in [1.807, 2.05) is 0 Å². The number of carbonyl (C=O) groups excluding carboxylic acids is 3. The van der Waals surface area contributed by atoms with Crippen LogP contribution in [0.2, 0.25) is 0 Å². The van der Waals surface area contributed by atoms with Gasteiger partial charge < -0.3 is 79.7 Å². The predicted octanol–water partition coefficient (Wildman–Crippen LogP) is -0.137. The van der Waals surface area contributed by atoms with Crippen molar-refractivity contribution < 1.29 is 96.2 Å². The summed E-state index contributed by atoms with van der Waals surface area (Å²) in [5.41, 5.74) is 19.4. The van der Waals surface area contributed by atoms with Gasteiger partial charge in [0.25, 0.3) is 34.4 Å². The third kappa shape index (κ3) is 21.9. The molecule has 0 bridgehead atoms. The molecule has 0 fully saturated rings. The molecule has 3 aromatic carbocycles. The summed E-state index contributed by atoms with van der Waals surface area (Å²) in [6, 6.07) is 14.6. The van der Waals surface area contributed by atoms with Crippen LogP contribution in [0.15, 0.2) is 106 Å². The molecule has 509 valence electrons. The van der Waals surface area contributed by atoms with Crippen molar-refractivity contribution in [3.05, 3.63) is 156 Å². The molecule has 3 amide bonds. The van der Waals surface area contributed by atoms with Crippen LogP contribution in [0.3, 0.4) is 0 Å². The summed E-state index contributed by atoms with van der Waals surface area (Å²) in [6.07, 6.45) is 2.52. The smallest absolute Gasteiger partial charge is 0.326 e. The third-order valence-electron chi connectivity index (χ3n) is 13.1. The van der Waals surface area contributed by atoms with E-state index in [0.717, 1.165) is 0 Å². The normalized spacial score (nSPS) is 11.5. The molecule has 6 aromatic heterocycles. The summed E-state index contributed by atoms with van der Waals surface area (Å²) in [6.45, 7) is 0.692. The van der Waals surface area contributed by atoms with E-state index in [0.29, 0.717) is 34.1 Å². The summed E-state index contributed by atoms with van der Waals surface area (Å²) in [5, 5.41) is 69.6. The van der Waals surface area contributed by atoms with Gasteiger partial charge in [-0.1, -0.05) is 0 Å². The number of aromatic amines is 3. The van der Waals surface area contributed by atoms with E-state index in [4.69, 9.17) is 47.8 Å². The van der Waals surface area contributed by atoms with Crippen LogP contribution in [0.5, 0.6) is 0 Å². The SMILES string of the molecule is Nc1nc2ncc(CNc3ccc(C(=O)N[C@@H](CCC(=O)O)C(=O)O)cc3)nc2c(=O)[nH]1.Nc1nc2ncc(CNc3ccc(C(=O)N[C@@H](CCC(=O)O)C(=O)O)cc3)nc2c(=O)[nH]1.Nc1nc2ncc(CNc3ccc(C(=O)N[C@@H](CCC(=O)O)C(=O)O)cc3)nc2c(=O)[nH]1.[Au]. The number of carboxylic acid groups (broad SMARTS) is 6. The van der Waals surface area contributed by atoms with Crippen molar-refractivity contribution in [1.29, 1.82) is 0 Å². The van der Waals surface area contributed by atoms with Crippen molar-refractivity contribution in [2.24, 2.45) is 0 Å². The Labute approximate surface area is 557 Å². The van der Waals surface area contributed by atoms with Gasteiger partial charge in [0.05, 0.1) is 55.3 Å². The Balaban J connectivity index is 0.000000229. The molecule has 0 aliphatic rings. The molecule has 40 heteroatoms. The number of nitrogens with zero attached hydrogens (tertiary/aromatic N) is 9. The molecule has 21 N–H and O–H groups in total. The van der Waals surface area contributed by atoms with Crippen LogP contribution in [0.1, 0.15) is 86.7 Å². The van der Waals surface area contributed by atoms with E-state index in [-0.39, 0.29) is 149 Å². The zero-order chi connectivity index (χ0) is 69.8. The zero-order valence-corrected chi connectivity index (χ0v) is 52.1. The predicted molar refractivity (Wildman–Crippen MR) is 336 cm³/mol. The van der Waals surface area contributed by atoms with Gasteiger partial charge in [-0.15, -0.1) is 0 Å². The zero-order valence-electron chi connectivity index (χ0n) is 49.9. The molecule has 6 heterocycles. The number of benzene rings is 3. The molecule has 3 atom stereocenters. The number of hydrogen-bond acceptors (Lipinski definition) is 27. The minimum Gasteiger partial charge on any atom is -0.481 e. The van der Waals surface area contributed by atoms with Crippen molar-refractivity contribution in [3.63, 3.8) is 0 Å². The average molecular weight is 1520 g/mol. The van der Waals surface area contributed by atoms with E-state index < -0.39 is 88.3 Å². The Kier molecular flexibility index (Phi) is 25.7. The van der Waals surface area contributed by atoms with Crippen LogP contribution in [-0.2, 0) is 70.8 Å². The molecule has 0 aliphatic carbocycles. The number of aliphatic carboxylic acids is 6. The number of carbonyl (C=O) groups is 9. The van der Waals surface area contributed by atoms with Crippen LogP contribution in [0, 0.1) is 0 Å². The Morgan fingerprint density at radius 1 is 0.381 bits per heavy atom. The molecule has 0 saturated heterocycles. The molecular formula is C57H57AuN21O18. The Hall–Kier alpha value is -12.9. The van der Waals surface area contributed by atoms with E-state index in [1.165, 1.54) is 55.0 Å². The molecule has 9 aromatic rings. The van der Waals surface area contributed by atoms with Crippen LogP contribution in [-0.4, -0.2) is 162 Å². The van der Waals surface area contributed by atoms with Crippen molar-refractivity contribution in [3.8, 4) is 0 Å². The number of nitrogens with two attached hydrogens (primary N) is 3. The minimum atomic E-state index is -1.31. The fourth-order valence-corrected chi connectivity index (χ4v) is 8.26. The molecule has 0 spiro atoms. The van der Waals surface area contributed by atoms with E-state index in [1.54, 1.807) is 36.4 Å². The fourth-order valence-electron chi connectivity index (χ4n) is 8.26. The van der Waals surface area contributed by atoms with Crippen molar-refractivity contribution in [2.45, 2.75) is 76.3 Å². The van der Waals surface area contributed by atoms with Crippen molar-refractivity contribution >= 4 is 122 Å². The van der Waals surface area contributed by atoms with Crippen molar-refractivity contribution in [2.75, 3.05) is 33.2 Å². The van der Waals surface area contributed by atoms with E-state index in [2.05, 4.69) is 91.7 Å². The Morgan fingerprint density at radius 2 is 0.619 bits per heavy atom.